The summed E-state index contributed by atoms with van der Waals surface area (Å²) in [7, 11) is 0. The molecule has 0 N–H and O–H groups in total. The molecule has 0 fully saturated rings. The van der Waals surface area contributed by atoms with Gasteiger partial charge >= 0.3 is 0 Å². The number of halogens is 2. The van der Waals surface area contributed by atoms with Gasteiger partial charge in [-0.1, -0.05) is 65.6 Å². The molecule has 0 heterocycles. The van der Waals surface area contributed by atoms with Crippen LogP contribution in [0, 0.1) is 27.7 Å². The number of hydrogen-bond acceptors (Lipinski definition) is 0. The van der Waals surface area contributed by atoms with Crippen LogP contribution in [0.5, 0.6) is 0 Å². The fourth-order valence-corrected chi connectivity index (χ4v) is 2.12. The van der Waals surface area contributed by atoms with Gasteiger partial charge in [0.2, 0.25) is 0 Å². The maximum Gasteiger partial charge on any atom is 0.0437 e. The third-order valence-electron chi connectivity index (χ3n) is 3.08. The van der Waals surface area contributed by atoms with Crippen LogP contribution < -0.4 is 0 Å². The van der Waals surface area contributed by atoms with Gasteiger partial charge in [-0.15, -0.1) is 0 Å². The maximum absolute atomic E-state index is 5.81. The second kappa shape index (κ2) is 10.0. The molecule has 0 aliphatic heterocycles. The molecule has 110 valence electrons. The van der Waals surface area contributed by atoms with Crippen molar-refractivity contribution in [2.45, 2.75) is 41.5 Å². The van der Waals surface area contributed by atoms with Crippen molar-refractivity contribution in [2.24, 2.45) is 0 Å². The molecule has 2 heteroatoms. The van der Waals surface area contributed by atoms with E-state index < -0.39 is 0 Å². The van der Waals surface area contributed by atoms with Gasteiger partial charge in [-0.2, -0.15) is 0 Å². The third-order valence-corrected chi connectivity index (χ3v) is 4.35. The van der Waals surface area contributed by atoms with Gasteiger partial charge in [-0.25, -0.2) is 0 Å². The van der Waals surface area contributed by atoms with Crippen molar-refractivity contribution in [2.75, 3.05) is 0 Å². The predicted molar refractivity (Wildman–Crippen MR) is 95.9 cm³/mol. The lowest BCUT2D eigenvalue weighted by atomic mass is 10.1. The summed E-state index contributed by atoms with van der Waals surface area (Å²) in [6, 6.07) is 12.1. The van der Waals surface area contributed by atoms with Crippen LogP contribution in [-0.4, -0.2) is 0 Å². The Labute approximate surface area is 137 Å². The Balaban J connectivity index is 0.000000321. The standard InChI is InChI=1S/C8H9Br.C8H9Cl.C2H6/c2*1-6-4-3-5-8(9)7(6)2;1-2/h2*3-5H,1-2H3;1-2H3. The van der Waals surface area contributed by atoms with E-state index in [9.17, 15) is 0 Å². The van der Waals surface area contributed by atoms with Gasteiger partial charge in [0.05, 0.1) is 0 Å². The van der Waals surface area contributed by atoms with E-state index in [1.807, 2.05) is 39.0 Å². The van der Waals surface area contributed by atoms with Crippen molar-refractivity contribution in [3.8, 4) is 0 Å². The minimum Gasteiger partial charge on any atom is -0.0840 e. The summed E-state index contributed by atoms with van der Waals surface area (Å²) < 4.78 is 1.20. The summed E-state index contributed by atoms with van der Waals surface area (Å²) in [4.78, 5) is 0. The summed E-state index contributed by atoms with van der Waals surface area (Å²) in [5, 5.41) is 0.856. The third kappa shape index (κ3) is 6.11. The van der Waals surface area contributed by atoms with Crippen LogP contribution in [0.15, 0.2) is 40.9 Å². The van der Waals surface area contributed by atoms with E-state index in [1.54, 1.807) is 0 Å². The van der Waals surface area contributed by atoms with Gasteiger partial charge in [0.15, 0.2) is 0 Å². The van der Waals surface area contributed by atoms with Gasteiger partial charge in [0.25, 0.3) is 0 Å². The average molecular weight is 356 g/mol. The van der Waals surface area contributed by atoms with Crippen LogP contribution in [0.3, 0.4) is 0 Å². The second-order valence-corrected chi connectivity index (χ2v) is 5.63. The molecule has 0 radical (unpaired) electrons. The number of aryl methyl sites for hydroxylation is 2. The Morgan fingerprint density at radius 1 is 0.750 bits per heavy atom. The lowest BCUT2D eigenvalue weighted by molar-refractivity contribution is 1.32. The smallest absolute Gasteiger partial charge is 0.0437 e. The van der Waals surface area contributed by atoms with Crippen molar-refractivity contribution in [1.29, 1.82) is 0 Å². The molecule has 2 aromatic carbocycles. The summed E-state index contributed by atoms with van der Waals surface area (Å²) >= 11 is 9.26. The maximum atomic E-state index is 5.81. The highest BCUT2D eigenvalue weighted by atomic mass is 79.9. The van der Waals surface area contributed by atoms with Crippen molar-refractivity contribution in [3.63, 3.8) is 0 Å². The zero-order chi connectivity index (χ0) is 15.7. The number of hydrogen-bond donors (Lipinski definition) is 0. The Kier molecular flexibility index (Phi) is 9.62. The molecule has 20 heavy (non-hydrogen) atoms. The van der Waals surface area contributed by atoms with E-state index >= 15 is 0 Å². The fraction of sp³-hybridized carbons (Fsp3) is 0.333. The molecule has 0 atom stereocenters. The van der Waals surface area contributed by atoms with Gasteiger partial charge in [0.1, 0.15) is 0 Å². The first-order chi connectivity index (χ1) is 9.43. The molecule has 2 aromatic rings. The molecule has 0 saturated carbocycles. The normalized spacial score (nSPS) is 9.00. The van der Waals surface area contributed by atoms with Crippen LogP contribution in [0.25, 0.3) is 0 Å². The monoisotopic (exact) mass is 354 g/mol. The van der Waals surface area contributed by atoms with Gasteiger partial charge in [-0.05, 0) is 62.1 Å². The molecule has 0 bridgehead atoms. The van der Waals surface area contributed by atoms with E-state index in [-0.39, 0.29) is 0 Å². The van der Waals surface area contributed by atoms with Gasteiger partial charge < -0.3 is 0 Å². The van der Waals surface area contributed by atoms with E-state index in [1.165, 1.54) is 26.7 Å². The molecule has 0 amide bonds. The van der Waals surface area contributed by atoms with E-state index in [0.29, 0.717) is 0 Å². The Morgan fingerprint density at radius 3 is 1.55 bits per heavy atom. The molecule has 0 nitrogen and oxygen atoms in total. The number of rotatable bonds is 0. The van der Waals surface area contributed by atoms with Crippen LogP contribution in [-0.2, 0) is 0 Å². The van der Waals surface area contributed by atoms with Gasteiger partial charge in [-0.3, -0.25) is 0 Å². The minimum absolute atomic E-state index is 0.856. The van der Waals surface area contributed by atoms with Crippen LogP contribution >= 0.6 is 27.5 Å². The zero-order valence-corrected chi connectivity index (χ0v) is 15.6. The summed E-state index contributed by atoms with van der Waals surface area (Å²) in [5.74, 6) is 0. The quantitative estimate of drug-likeness (QED) is 0.475. The topological polar surface area (TPSA) is 0 Å². The first kappa shape index (κ1) is 19.2. The molecule has 0 unspecified atom stereocenters. The first-order valence-electron chi connectivity index (χ1n) is 6.87. The number of benzene rings is 2. The highest BCUT2D eigenvalue weighted by molar-refractivity contribution is 9.10. The molecule has 0 aliphatic carbocycles. The molecule has 0 aliphatic rings. The lowest BCUT2D eigenvalue weighted by Crippen LogP contribution is -1.79. The zero-order valence-electron chi connectivity index (χ0n) is 13.2. The second-order valence-electron chi connectivity index (χ2n) is 4.36. The minimum atomic E-state index is 0.856. The Morgan fingerprint density at radius 2 is 1.20 bits per heavy atom. The Hall–Kier alpha value is -0.790. The largest absolute Gasteiger partial charge is 0.0840 e. The van der Waals surface area contributed by atoms with E-state index in [0.717, 1.165) is 5.02 Å². The molecular formula is C18H24BrCl. The summed E-state index contributed by atoms with van der Waals surface area (Å²) in [6.07, 6.45) is 0. The first-order valence-corrected chi connectivity index (χ1v) is 8.04. The molecule has 0 spiro atoms. The van der Waals surface area contributed by atoms with Crippen LogP contribution in [0.1, 0.15) is 36.1 Å². The van der Waals surface area contributed by atoms with Crippen molar-refractivity contribution < 1.29 is 0 Å². The lowest BCUT2D eigenvalue weighted by Gasteiger charge is -1.99. The SMILES string of the molecule is CC.Cc1cccc(Br)c1C.Cc1cccc(Cl)c1C. The summed E-state index contributed by atoms with van der Waals surface area (Å²) in [6.45, 7) is 12.3. The highest BCUT2D eigenvalue weighted by Crippen LogP contribution is 2.18. The van der Waals surface area contributed by atoms with Crippen molar-refractivity contribution >= 4 is 27.5 Å². The fourth-order valence-electron chi connectivity index (χ4n) is 1.43. The van der Waals surface area contributed by atoms with E-state index in [2.05, 4.69) is 54.9 Å². The van der Waals surface area contributed by atoms with E-state index in [4.69, 9.17) is 11.6 Å². The molecule has 0 aromatic heterocycles. The van der Waals surface area contributed by atoms with Crippen LogP contribution in [0.2, 0.25) is 5.02 Å². The molecule has 0 saturated heterocycles. The average Bonchev–Trinajstić information content (AvgIpc) is 2.45. The highest BCUT2D eigenvalue weighted by Gasteiger charge is 1.94. The van der Waals surface area contributed by atoms with Crippen molar-refractivity contribution in [1.82, 2.24) is 0 Å². The molecule has 2 rings (SSSR count). The summed E-state index contributed by atoms with van der Waals surface area (Å²) in [5.41, 5.74) is 5.10. The van der Waals surface area contributed by atoms with Gasteiger partial charge in [0, 0.05) is 9.50 Å². The van der Waals surface area contributed by atoms with Crippen molar-refractivity contribution in [3.05, 3.63) is 68.1 Å². The Bertz CT molecular complexity index is 443. The molecular weight excluding hydrogens is 332 g/mol. The predicted octanol–water partition coefficient (Wildman–Crippen LogP) is 7.05. The van der Waals surface area contributed by atoms with Crippen LogP contribution in [0.4, 0.5) is 0 Å².